The lowest BCUT2D eigenvalue weighted by atomic mass is 9.85. The van der Waals surface area contributed by atoms with Crippen molar-refractivity contribution in [3.8, 4) is 0 Å². The SMILES string of the molecule is CC1CN(c2ccc(C(C)(C)C(=O)O)cc2)S(=O)(=O)C1. The number of carboxylic acids is 1. The van der Waals surface area contributed by atoms with Crippen LogP contribution in [0.5, 0.6) is 0 Å². The lowest BCUT2D eigenvalue weighted by Gasteiger charge is -2.22. The van der Waals surface area contributed by atoms with Gasteiger partial charge in [-0.25, -0.2) is 8.42 Å². The van der Waals surface area contributed by atoms with E-state index < -0.39 is 21.4 Å². The number of hydrogen-bond donors (Lipinski definition) is 1. The van der Waals surface area contributed by atoms with Crippen molar-refractivity contribution in [1.29, 1.82) is 0 Å². The monoisotopic (exact) mass is 297 g/mol. The summed E-state index contributed by atoms with van der Waals surface area (Å²) in [5.41, 5.74) is 0.257. The Bertz CT molecular complexity index is 619. The Morgan fingerprint density at radius 3 is 2.25 bits per heavy atom. The fraction of sp³-hybridized carbons (Fsp3) is 0.500. The van der Waals surface area contributed by atoms with Crippen LogP contribution in [-0.2, 0) is 20.2 Å². The average Bonchev–Trinajstić information content (AvgIpc) is 2.62. The van der Waals surface area contributed by atoms with Crippen LogP contribution in [0.25, 0.3) is 0 Å². The van der Waals surface area contributed by atoms with Crippen LogP contribution in [0, 0.1) is 5.92 Å². The summed E-state index contributed by atoms with van der Waals surface area (Å²) >= 11 is 0. The fourth-order valence-electron chi connectivity index (χ4n) is 2.33. The number of carboxylic acid groups (broad SMARTS) is 1. The molecule has 1 saturated heterocycles. The van der Waals surface area contributed by atoms with Crippen molar-refractivity contribution in [1.82, 2.24) is 0 Å². The van der Waals surface area contributed by atoms with Crippen LogP contribution in [-0.4, -0.2) is 31.8 Å². The molecule has 1 N–H and O–H groups in total. The number of carbonyl (C=O) groups is 1. The molecule has 1 atom stereocenters. The van der Waals surface area contributed by atoms with Crippen molar-refractivity contribution >= 4 is 21.7 Å². The Balaban J connectivity index is 2.32. The Morgan fingerprint density at radius 1 is 1.30 bits per heavy atom. The lowest BCUT2D eigenvalue weighted by Crippen LogP contribution is -2.29. The summed E-state index contributed by atoms with van der Waals surface area (Å²) in [6, 6.07) is 6.72. The van der Waals surface area contributed by atoms with Gasteiger partial charge in [0.2, 0.25) is 10.0 Å². The fourth-order valence-corrected chi connectivity index (χ4v) is 4.26. The van der Waals surface area contributed by atoms with Crippen molar-refractivity contribution in [3.63, 3.8) is 0 Å². The molecule has 110 valence electrons. The van der Waals surface area contributed by atoms with E-state index in [1.807, 2.05) is 6.92 Å². The standard InChI is InChI=1S/C14H19NO4S/c1-10-8-15(20(18,19)9-10)12-6-4-11(5-7-12)14(2,3)13(16)17/h4-7,10H,8-9H2,1-3H3,(H,16,17). The van der Waals surface area contributed by atoms with E-state index in [0.717, 1.165) is 0 Å². The molecular formula is C14H19NO4S. The summed E-state index contributed by atoms with van der Waals surface area (Å²) in [5, 5.41) is 9.19. The highest BCUT2D eigenvalue weighted by Crippen LogP contribution is 2.30. The molecule has 0 bridgehead atoms. The molecule has 1 aliphatic heterocycles. The van der Waals surface area contributed by atoms with Crippen LogP contribution in [0.1, 0.15) is 26.3 Å². The van der Waals surface area contributed by atoms with E-state index in [0.29, 0.717) is 17.8 Å². The number of anilines is 1. The van der Waals surface area contributed by atoms with Crippen LogP contribution < -0.4 is 4.31 Å². The van der Waals surface area contributed by atoms with Crippen LogP contribution >= 0.6 is 0 Å². The molecule has 2 rings (SSSR count). The van der Waals surface area contributed by atoms with Crippen molar-refractivity contribution in [2.45, 2.75) is 26.2 Å². The van der Waals surface area contributed by atoms with Gasteiger partial charge < -0.3 is 5.11 Å². The number of rotatable bonds is 3. The zero-order valence-corrected chi connectivity index (χ0v) is 12.6. The second-order valence-electron chi connectivity index (χ2n) is 5.89. The minimum Gasteiger partial charge on any atom is -0.481 e. The molecule has 1 unspecified atom stereocenters. The zero-order chi connectivity index (χ0) is 15.1. The van der Waals surface area contributed by atoms with Crippen LogP contribution in [0.15, 0.2) is 24.3 Å². The second kappa shape index (κ2) is 4.77. The van der Waals surface area contributed by atoms with E-state index in [-0.39, 0.29) is 11.7 Å². The van der Waals surface area contributed by atoms with E-state index in [2.05, 4.69) is 0 Å². The summed E-state index contributed by atoms with van der Waals surface area (Å²) in [7, 11) is -3.24. The Kier molecular flexibility index (Phi) is 3.54. The molecule has 1 heterocycles. The Morgan fingerprint density at radius 2 is 1.85 bits per heavy atom. The smallest absolute Gasteiger partial charge is 0.313 e. The maximum Gasteiger partial charge on any atom is 0.313 e. The summed E-state index contributed by atoms with van der Waals surface area (Å²) in [4.78, 5) is 11.2. The minimum absolute atomic E-state index is 0.107. The van der Waals surface area contributed by atoms with Gasteiger partial charge in [-0.3, -0.25) is 9.10 Å². The summed E-state index contributed by atoms with van der Waals surface area (Å²) in [6.45, 7) is 5.63. The first-order valence-electron chi connectivity index (χ1n) is 6.49. The van der Waals surface area contributed by atoms with E-state index in [4.69, 9.17) is 0 Å². The first kappa shape index (κ1) is 14.8. The van der Waals surface area contributed by atoms with E-state index >= 15 is 0 Å². The molecule has 20 heavy (non-hydrogen) atoms. The number of hydrogen-bond acceptors (Lipinski definition) is 3. The van der Waals surface area contributed by atoms with Crippen molar-refractivity contribution in [2.24, 2.45) is 5.92 Å². The van der Waals surface area contributed by atoms with Gasteiger partial charge >= 0.3 is 5.97 Å². The maximum atomic E-state index is 12.0. The molecule has 1 aliphatic rings. The number of nitrogens with zero attached hydrogens (tertiary/aromatic N) is 1. The van der Waals surface area contributed by atoms with E-state index in [1.54, 1.807) is 38.1 Å². The highest BCUT2D eigenvalue weighted by Gasteiger charge is 2.34. The van der Waals surface area contributed by atoms with Crippen molar-refractivity contribution in [2.75, 3.05) is 16.6 Å². The third kappa shape index (κ3) is 2.52. The maximum absolute atomic E-state index is 12.0. The molecule has 0 spiro atoms. The van der Waals surface area contributed by atoms with Gasteiger partial charge in [-0.2, -0.15) is 0 Å². The molecule has 0 aromatic heterocycles. The van der Waals surface area contributed by atoms with Crippen LogP contribution in [0.2, 0.25) is 0 Å². The normalized spacial score (nSPS) is 21.9. The van der Waals surface area contributed by atoms with Crippen LogP contribution in [0.4, 0.5) is 5.69 Å². The van der Waals surface area contributed by atoms with E-state index in [9.17, 15) is 18.3 Å². The summed E-state index contributed by atoms with van der Waals surface area (Å²) in [6.07, 6.45) is 0. The first-order chi connectivity index (χ1) is 9.14. The molecule has 1 fully saturated rings. The van der Waals surface area contributed by atoms with Gasteiger partial charge in [0.1, 0.15) is 0 Å². The molecule has 0 radical (unpaired) electrons. The van der Waals surface area contributed by atoms with Gasteiger partial charge in [0.15, 0.2) is 0 Å². The number of sulfonamides is 1. The third-order valence-electron chi connectivity index (χ3n) is 3.72. The van der Waals surface area contributed by atoms with Gasteiger partial charge in [0, 0.05) is 6.54 Å². The predicted molar refractivity (Wildman–Crippen MR) is 77.4 cm³/mol. The average molecular weight is 297 g/mol. The second-order valence-corrected chi connectivity index (χ2v) is 7.83. The number of aliphatic carboxylic acids is 1. The molecule has 0 amide bonds. The zero-order valence-electron chi connectivity index (χ0n) is 11.8. The molecule has 1 aromatic carbocycles. The molecule has 0 aliphatic carbocycles. The third-order valence-corrected chi connectivity index (χ3v) is 5.74. The summed E-state index contributed by atoms with van der Waals surface area (Å²) < 4.78 is 25.4. The topological polar surface area (TPSA) is 74.7 Å². The van der Waals surface area contributed by atoms with Gasteiger partial charge in [0.05, 0.1) is 16.9 Å². The first-order valence-corrected chi connectivity index (χ1v) is 8.10. The molecule has 6 heteroatoms. The molecule has 1 aromatic rings. The predicted octanol–water partition coefficient (Wildman–Crippen LogP) is 1.83. The Labute approximate surface area is 119 Å². The molecule has 5 nitrogen and oxygen atoms in total. The van der Waals surface area contributed by atoms with Crippen molar-refractivity contribution in [3.05, 3.63) is 29.8 Å². The highest BCUT2D eigenvalue weighted by molar-refractivity contribution is 7.93. The van der Waals surface area contributed by atoms with Gasteiger partial charge in [-0.1, -0.05) is 19.1 Å². The minimum atomic E-state index is -3.24. The van der Waals surface area contributed by atoms with Crippen LogP contribution in [0.3, 0.4) is 0 Å². The van der Waals surface area contributed by atoms with Crippen molar-refractivity contribution < 1.29 is 18.3 Å². The van der Waals surface area contributed by atoms with Gasteiger partial charge in [0.25, 0.3) is 0 Å². The molecular weight excluding hydrogens is 278 g/mol. The largest absolute Gasteiger partial charge is 0.481 e. The number of benzene rings is 1. The quantitative estimate of drug-likeness (QED) is 0.923. The van der Waals surface area contributed by atoms with E-state index in [1.165, 1.54) is 4.31 Å². The Hall–Kier alpha value is -1.56. The highest BCUT2D eigenvalue weighted by atomic mass is 32.2. The van der Waals surface area contributed by atoms with Gasteiger partial charge in [-0.15, -0.1) is 0 Å². The summed E-state index contributed by atoms with van der Waals surface area (Å²) in [5.74, 6) is -0.641. The van der Waals surface area contributed by atoms with Gasteiger partial charge in [-0.05, 0) is 37.5 Å². The molecule has 0 saturated carbocycles. The lowest BCUT2D eigenvalue weighted by molar-refractivity contribution is -0.142.